The van der Waals surface area contributed by atoms with E-state index in [1.807, 2.05) is 17.9 Å². The quantitative estimate of drug-likeness (QED) is 0.771. The highest BCUT2D eigenvalue weighted by atomic mass is 32.1. The summed E-state index contributed by atoms with van der Waals surface area (Å²) in [6, 6.07) is 6.45. The topological polar surface area (TPSA) is 17.8 Å². The Morgan fingerprint density at radius 3 is 2.80 bits per heavy atom. The van der Waals surface area contributed by atoms with Crippen molar-refractivity contribution in [2.24, 2.45) is 7.05 Å². The van der Waals surface area contributed by atoms with E-state index >= 15 is 0 Å². The summed E-state index contributed by atoms with van der Waals surface area (Å²) < 4.78 is 2.03. The van der Waals surface area contributed by atoms with Gasteiger partial charge in [0.1, 0.15) is 0 Å². The zero-order valence-corrected chi connectivity index (χ0v) is 10.3. The second-order valence-electron chi connectivity index (χ2n) is 4.60. The number of aromatic nitrogens is 2. The van der Waals surface area contributed by atoms with Gasteiger partial charge in [0.2, 0.25) is 0 Å². The molecule has 0 fully saturated rings. The molecule has 0 aliphatic carbocycles. The van der Waals surface area contributed by atoms with Crippen molar-refractivity contribution in [2.45, 2.75) is 19.3 Å². The molecule has 0 aliphatic heterocycles. The van der Waals surface area contributed by atoms with E-state index in [0.29, 0.717) is 0 Å². The molecule has 0 N–H and O–H groups in total. The Labute approximate surface area is 95.7 Å². The molecular weight excluding hydrogens is 204 g/mol. The molecule has 0 saturated carbocycles. The molecule has 1 heterocycles. The number of aryl methyl sites for hydroxylation is 1. The van der Waals surface area contributed by atoms with Gasteiger partial charge in [-0.15, -0.1) is 0 Å². The van der Waals surface area contributed by atoms with Crippen LogP contribution in [0.25, 0.3) is 11.0 Å². The monoisotopic (exact) mass is 220 g/mol. The minimum Gasteiger partial charge on any atom is -0.334 e. The van der Waals surface area contributed by atoms with Gasteiger partial charge in [0, 0.05) is 7.05 Å². The van der Waals surface area contributed by atoms with E-state index in [4.69, 9.17) is 0 Å². The minimum atomic E-state index is 0.106. The van der Waals surface area contributed by atoms with Crippen LogP contribution in [-0.2, 0) is 12.5 Å². The Kier molecular flexibility index (Phi) is 2.51. The lowest BCUT2D eigenvalue weighted by Gasteiger charge is -2.22. The molecule has 0 bridgehead atoms. The molecule has 0 saturated heterocycles. The number of fused-ring (bicyclic) bond motifs is 1. The summed E-state index contributed by atoms with van der Waals surface area (Å²) >= 11 is 4.39. The lowest BCUT2D eigenvalue weighted by atomic mass is 9.86. The second-order valence-corrected chi connectivity index (χ2v) is 4.92. The van der Waals surface area contributed by atoms with Crippen LogP contribution in [0.5, 0.6) is 0 Å². The lowest BCUT2D eigenvalue weighted by molar-refractivity contribution is 0.604. The second kappa shape index (κ2) is 3.56. The predicted octanol–water partition coefficient (Wildman–Crippen LogP) is 2.78. The van der Waals surface area contributed by atoms with Crippen LogP contribution in [0.4, 0.5) is 0 Å². The highest BCUT2D eigenvalue weighted by molar-refractivity contribution is 7.80. The normalized spacial score (nSPS) is 12.3. The molecule has 0 radical (unpaired) electrons. The highest BCUT2D eigenvalue weighted by Gasteiger charge is 2.19. The molecule has 1 aromatic heterocycles. The minimum absolute atomic E-state index is 0.106. The summed E-state index contributed by atoms with van der Waals surface area (Å²) in [6.45, 7) is 4.40. The first-order valence-electron chi connectivity index (χ1n) is 5.07. The van der Waals surface area contributed by atoms with Crippen LogP contribution in [0.3, 0.4) is 0 Å². The summed E-state index contributed by atoms with van der Waals surface area (Å²) in [4.78, 5) is 4.36. The van der Waals surface area contributed by atoms with E-state index in [1.54, 1.807) is 0 Å². The van der Waals surface area contributed by atoms with Crippen molar-refractivity contribution < 1.29 is 0 Å². The average Bonchev–Trinajstić information content (AvgIpc) is 2.60. The predicted molar refractivity (Wildman–Crippen MR) is 67.6 cm³/mol. The average molecular weight is 220 g/mol. The molecule has 0 amide bonds. The number of hydrogen-bond acceptors (Lipinski definition) is 2. The molecule has 2 rings (SSSR count). The molecule has 80 valence electrons. The Morgan fingerprint density at radius 2 is 2.13 bits per heavy atom. The van der Waals surface area contributed by atoms with Crippen molar-refractivity contribution in [1.29, 1.82) is 0 Å². The maximum absolute atomic E-state index is 4.39. The Bertz CT molecular complexity index is 485. The number of rotatable bonds is 2. The largest absolute Gasteiger partial charge is 0.334 e. The van der Waals surface area contributed by atoms with Gasteiger partial charge in [-0.3, -0.25) is 0 Å². The van der Waals surface area contributed by atoms with E-state index in [0.717, 1.165) is 11.3 Å². The smallest absolute Gasteiger partial charge is 0.0955 e. The van der Waals surface area contributed by atoms with Crippen LogP contribution < -0.4 is 0 Å². The molecule has 15 heavy (non-hydrogen) atoms. The van der Waals surface area contributed by atoms with Crippen LogP contribution in [0.2, 0.25) is 0 Å². The van der Waals surface area contributed by atoms with Crippen molar-refractivity contribution in [2.75, 3.05) is 5.75 Å². The molecule has 2 aromatic rings. The van der Waals surface area contributed by atoms with Crippen LogP contribution >= 0.6 is 12.6 Å². The fraction of sp³-hybridized carbons (Fsp3) is 0.417. The van der Waals surface area contributed by atoms with Crippen molar-refractivity contribution in [1.82, 2.24) is 9.55 Å². The van der Waals surface area contributed by atoms with Gasteiger partial charge in [-0.1, -0.05) is 19.9 Å². The van der Waals surface area contributed by atoms with Crippen molar-refractivity contribution in [3.05, 3.63) is 30.1 Å². The molecule has 0 atom stereocenters. The standard InChI is InChI=1S/C12H16N2S/c1-12(2,7-15)9-4-5-11-10(6-9)13-8-14(11)3/h4-6,8,15H,7H2,1-3H3. The van der Waals surface area contributed by atoms with Crippen LogP contribution in [0.15, 0.2) is 24.5 Å². The lowest BCUT2D eigenvalue weighted by Crippen LogP contribution is -2.18. The number of nitrogens with zero attached hydrogens (tertiary/aromatic N) is 2. The maximum atomic E-state index is 4.39. The van der Waals surface area contributed by atoms with Gasteiger partial charge in [0.05, 0.1) is 17.4 Å². The van der Waals surface area contributed by atoms with E-state index in [9.17, 15) is 0 Å². The number of thiol groups is 1. The highest BCUT2D eigenvalue weighted by Crippen LogP contribution is 2.26. The Balaban J connectivity index is 2.57. The first-order valence-corrected chi connectivity index (χ1v) is 5.70. The van der Waals surface area contributed by atoms with E-state index in [-0.39, 0.29) is 5.41 Å². The molecule has 0 spiro atoms. The number of benzene rings is 1. The number of hydrogen-bond donors (Lipinski definition) is 1. The van der Waals surface area contributed by atoms with Crippen molar-refractivity contribution in [3.8, 4) is 0 Å². The third-order valence-electron chi connectivity index (χ3n) is 2.90. The Morgan fingerprint density at radius 1 is 1.40 bits per heavy atom. The summed E-state index contributed by atoms with van der Waals surface area (Å²) in [6.07, 6.45) is 1.85. The summed E-state index contributed by atoms with van der Waals surface area (Å²) in [7, 11) is 2.01. The Hall–Kier alpha value is -0.960. The van der Waals surface area contributed by atoms with E-state index in [2.05, 4.69) is 49.7 Å². The van der Waals surface area contributed by atoms with Gasteiger partial charge in [0.25, 0.3) is 0 Å². The van der Waals surface area contributed by atoms with Gasteiger partial charge in [0.15, 0.2) is 0 Å². The van der Waals surface area contributed by atoms with E-state index < -0.39 is 0 Å². The van der Waals surface area contributed by atoms with Crippen molar-refractivity contribution in [3.63, 3.8) is 0 Å². The fourth-order valence-electron chi connectivity index (χ4n) is 1.65. The molecule has 2 nitrogen and oxygen atoms in total. The number of imidazole rings is 1. The van der Waals surface area contributed by atoms with Gasteiger partial charge < -0.3 is 4.57 Å². The first-order chi connectivity index (χ1) is 7.04. The third-order valence-corrected chi connectivity index (χ3v) is 3.69. The molecule has 1 aromatic carbocycles. The zero-order valence-electron chi connectivity index (χ0n) is 9.36. The van der Waals surface area contributed by atoms with Gasteiger partial charge >= 0.3 is 0 Å². The van der Waals surface area contributed by atoms with E-state index in [1.165, 1.54) is 11.1 Å². The zero-order chi connectivity index (χ0) is 11.1. The van der Waals surface area contributed by atoms with Gasteiger partial charge in [-0.25, -0.2) is 4.98 Å². The van der Waals surface area contributed by atoms with Gasteiger partial charge in [-0.2, -0.15) is 12.6 Å². The SMILES string of the molecule is Cn1cnc2cc(C(C)(C)CS)ccc21. The molecular formula is C12H16N2S. The fourth-order valence-corrected chi connectivity index (χ4v) is 1.83. The molecule has 0 unspecified atom stereocenters. The van der Waals surface area contributed by atoms with Crippen LogP contribution in [0, 0.1) is 0 Å². The molecule has 3 heteroatoms. The first kappa shape index (κ1) is 10.6. The summed E-state index contributed by atoms with van der Waals surface area (Å²) in [5, 5.41) is 0. The maximum Gasteiger partial charge on any atom is 0.0955 e. The van der Waals surface area contributed by atoms with Gasteiger partial charge in [-0.05, 0) is 28.9 Å². The molecule has 0 aliphatic rings. The van der Waals surface area contributed by atoms with Crippen LogP contribution in [0.1, 0.15) is 19.4 Å². The van der Waals surface area contributed by atoms with Crippen LogP contribution in [-0.4, -0.2) is 15.3 Å². The van der Waals surface area contributed by atoms with Crippen molar-refractivity contribution >= 4 is 23.7 Å². The third kappa shape index (κ3) is 1.76. The summed E-state index contributed by atoms with van der Waals surface area (Å²) in [5.74, 6) is 0.839. The summed E-state index contributed by atoms with van der Waals surface area (Å²) in [5.41, 5.74) is 3.64.